The highest BCUT2D eigenvalue weighted by atomic mass is 19.1. The molecular weight excluding hydrogens is 404 g/mol. The largest absolute Gasteiger partial charge is 0.439 e. The number of pyridine rings is 1. The van der Waals surface area contributed by atoms with E-state index in [1.165, 1.54) is 24.3 Å². The van der Waals surface area contributed by atoms with Crippen LogP contribution in [0.5, 0.6) is 11.6 Å². The van der Waals surface area contributed by atoms with Crippen LogP contribution in [0.4, 0.5) is 13.6 Å². The number of morpholine rings is 1. The lowest BCUT2D eigenvalue weighted by Gasteiger charge is -2.33. The molecule has 0 saturated carbocycles. The zero-order valence-electron chi connectivity index (χ0n) is 16.6. The summed E-state index contributed by atoms with van der Waals surface area (Å²) in [7, 11) is 0. The Bertz CT molecular complexity index is 1050. The summed E-state index contributed by atoms with van der Waals surface area (Å²) in [5.74, 6) is -0.116. The Hall–Kier alpha value is -3.52. The van der Waals surface area contributed by atoms with Crippen molar-refractivity contribution in [2.75, 3.05) is 19.7 Å². The smallest absolute Gasteiger partial charge is 0.317 e. The van der Waals surface area contributed by atoms with Gasteiger partial charge in [-0.15, -0.1) is 0 Å². The standard InChI is InChI=1S/C23H21F2N3O3/c24-18-8-6-16(7-9-18)21-15-28(11-12-30-21)23(29)27-14-17-3-2-10-26-22(17)31-20-5-1-4-19(25)13-20/h1-10,13,21H,11-12,14-15H2,(H,27,29). The fraction of sp³-hybridized carbons (Fsp3) is 0.217. The summed E-state index contributed by atoms with van der Waals surface area (Å²) < 4.78 is 38.0. The van der Waals surface area contributed by atoms with Gasteiger partial charge in [-0.1, -0.05) is 24.3 Å². The molecule has 2 heterocycles. The number of hydrogen-bond acceptors (Lipinski definition) is 4. The van der Waals surface area contributed by atoms with Gasteiger partial charge in [0.25, 0.3) is 0 Å². The van der Waals surface area contributed by atoms with Gasteiger partial charge in [0.2, 0.25) is 5.88 Å². The number of halogens is 2. The number of hydrogen-bond donors (Lipinski definition) is 1. The number of carbonyl (C=O) groups excluding carboxylic acids is 1. The average molecular weight is 425 g/mol. The van der Waals surface area contributed by atoms with Crippen LogP contribution in [0.1, 0.15) is 17.2 Å². The molecule has 1 saturated heterocycles. The zero-order valence-corrected chi connectivity index (χ0v) is 16.6. The van der Waals surface area contributed by atoms with E-state index < -0.39 is 5.82 Å². The van der Waals surface area contributed by atoms with Crippen LogP contribution in [0.15, 0.2) is 66.9 Å². The van der Waals surface area contributed by atoms with Crippen molar-refractivity contribution in [3.63, 3.8) is 0 Å². The molecule has 1 aliphatic rings. The van der Waals surface area contributed by atoms with E-state index in [0.29, 0.717) is 36.9 Å². The minimum Gasteiger partial charge on any atom is -0.439 e. The van der Waals surface area contributed by atoms with Crippen molar-refractivity contribution < 1.29 is 23.0 Å². The van der Waals surface area contributed by atoms with Crippen molar-refractivity contribution in [3.05, 3.63) is 89.6 Å². The van der Waals surface area contributed by atoms with Crippen molar-refractivity contribution in [1.29, 1.82) is 0 Å². The number of rotatable bonds is 5. The summed E-state index contributed by atoms with van der Waals surface area (Å²) in [4.78, 5) is 18.6. The van der Waals surface area contributed by atoms with Crippen molar-refractivity contribution >= 4 is 6.03 Å². The van der Waals surface area contributed by atoms with Gasteiger partial charge in [0.15, 0.2) is 0 Å². The van der Waals surface area contributed by atoms with Gasteiger partial charge in [-0.2, -0.15) is 0 Å². The molecule has 1 fully saturated rings. The Kier molecular flexibility index (Phi) is 6.37. The predicted octanol–water partition coefficient (Wildman–Crippen LogP) is 4.44. The van der Waals surface area contributed by atoms with E-state index in [-0.39, 0.29) is 24.5 Å². The second-order valence-corrected chi connectivity index (χ2v) is 7.04. The Labute approximate surface area is 178 Å². The molecule has 0 spiro atoms. The number of urea groups is 1. The van der Waals surface area contributed by atoms with E-state index in [4.69, 9.17) is 9.47 Å². The number of carbonyl (C=O) groups is 1. The van der Waals surface area contributed by atoms with Crippen LogP contribution >= 0.6 is 0 Å². The number of nitrogens with zero attached hydrogens (tertiary/aromatic N) is 2. The molecule has 1 N–H and O–H groups in total. The number of benzene rings is 2. The highest BCUT2D eigenvalue weighted by Crippen LogP contribution is 2.24. The minimum absolute atomic E-state index is 0.190. The molecule has 1 aromatic heterocycles. The third-order valence-electron chi connectivity index (χ3n) is 4.89. The molecule has 1 unspecified atom stereocenters. The van der Waals surface area contributed by atoms with Gasteiger partial charge in [0, 0.05) is 30.9 Å². The first-order chi connectivity index (χ1) is 15.1. The van der Waals surface area contributed by atoms with Crippen molar-refractivity contribution in [2.45, 2.75) is 12.6 Å². The highest BCUT2D eigenvalue weighted by Gasteiger charge is 2.25. The predicted molar refractivity (Wildman–Crippen MR) is 110 cm³/mol. The Morgan fingerprint density at radius 2 is 1.97 bits per heavy atom. The summed E-state index contributed by atoms with van der Waals surface area (Å²) in [5.41, 5.74) is 1.47. The van der Waals surface area contributed by atoms with Crippen LogP contribution in [0.3, 0.4) is 0 Å². The quantitative estimate of drug-likeness (QED) is 0.657. The lowest BCUT2D eigenvalue weighted by molar-refractivity contribution is -0.0155. The number of nitrogens with one attached hydrogen (secondary N) is 1. The lowest BCUT2D eigenvalue weighted by atomic mass is 10.1. The maximum absolute atomic E-state index is 13.4. The number of aromatic nitrogens is 1. The zero-order chi connectivity index (χ0) is 21.6. The molecule has 2 aromatic carbocycles. The SMILES string of the molecule is O=C(NCc1cccnc1Oc1cccc(F)c1)N1CCOC(c2ccc(F)cc2)C1. The average Bonchev–Trinajstić information content (AvgIpc) is 2.79. The molecule has 8 heteroatoms. The lowest BCUT2D eigenvalue weighted by Crippen LogP contribution is -2.47. The van der Waals surface area contributed by atoms with Crippen LogP contribution in [-0.4, -0.2) is 35.6 Å². The molecule has 2 amide bonds. The molecular formula is C23H21F2N3O3. The van der Waals surface area contributed by atoms with E-state index in [9.17, 15) is 13.6 Å². The van der Waals surface area contributed by atoms with Gasteiger partial charge >= 0.3 is 6.03 Å². The van der Waals surface area contributed by atoms with Gasteiger partial charge in [-0.3, -0.25) is 0 Å². The topological polar surface area (TPSA) is 63.7 Å². The fourth-order valence-electron chi connectivity index (χ4n) is 3.29. The molecule has 0 radical (unpaired) electrons. The molecule has 1 aliphatic heterocycles. The van der Waals surface area contributed by atoms with E-state index in [2.05, 4.69) is 10.3 Å². The van der Waals surface area contributed by atoms with Crippen LogP contribution in [0, 0.1) is 11.6 Å². The summed E-state index contributed by atoms with van der Waals surface area (Å²) in [5, 5.41) is 2.86. The van der Waals surface area contributed by atoms with Crippen LogP contribution in [0.2, 0.25) is 0 Å². The van der Waals surface area contributed by atoms with Gasteiger partial charge in [-0.25, -0.2) is 18.6 Å². The van der Waals surface area contributed by atoms with Crippen molar-refractivity contribution in [2.24, 2.45) is 0 Å². The Morgan fingerprint density at radius 3 is 2.77 bits per heavy atom. The summed E-state index contributed by atoms with van der Waals surface area (Å²) >= 11 is 0. The van der Waals surface area contributed by atoms with Crippen LogP contribution in [0.25, 0.3) is 0 Å². The summed E-state index contributed by atoms with van der Waals surface area (Å²) in [6, 6.07) is 15.1. The third-order valence-corrected chi connectivity index (χ3v) is 4.89. The normalized spacial score (nSPS) is 16.1. The first-order valence-corrected chi connectivity index (χ1v) is 9.85. The fourth-order valence-corrected chi connectivity index (χ4v) is 3.29. The maximum atomic E-state index is 13.4. The van der Waals surface area contributed by atoms with Crippen LogP contribution in [-0.2, 0) is 11.3 Å². The number of ether oxygens (including phenoxy) is 2. The summed E-state index contributed by atoms with van der Waals surface area (Å²) in [6.07, 6.45) is 1.25. The van der Waals surface area contributed by atoms with E-state index >= 15 is 0 Å². The Balaban J connectivity index is 1.38. The second-order valence-electron chi connectivity index (χ2n) is 7.04. The van der Waals surface area contributed by atoms with Crippen LogP contribution < -0.4 is 10.1 Å². The third kappa shape index (κ3) is 5.35. The van der Waals surface area contributed by atoms with E-state index in [1.54, 1.807) is 47.5 Å². The van der Waals surface area contributed by atoms with Gasteiger partial charge in [0.1, 0.15) is 23.5 Å². The monoisotopic (exact) mass is 425 g/mol. The maximum Gasteiger partial charge on any atom is 0.317 e. The Morgan fingerprint density at radius 1 is 1.13 bits per heavy atom. The molecule has 160 valence electrons. The molecule has 4 rings (SSSR count). The van der Waals surface area contributed by atoms with Gasteiger partial charge in [-0.05, 0) is 35.9 Å². The van der Waals surface area contributed by atoms with Gasteiger partial charge < -0.3 is 19.7 Å². The van der Waals surface area contributed by atoms with E-state index in [1.807, 2.05) is 0 Å². The molecule has 31 heavy (non-hydrogen) atoms. The first-order valence-electron chi connectivity index (χ1n) is 9.85. The minimum atomic E-state index is -0.411. The molecule has 1 atom stereocenters. The van der Waals surface area contributed by atoms with Crippen molar-refractivity contribution in [3.8, 4) is 11.6 Å². The van der Waals surface area contributed by atoms with Crippen molar-refractivity contribution in [1.82, 2.24) is 15.2 Å². The molecule has 0 aliphatic carbocycles. The molecule has 0 bridgehead atoms. The first kappa shape index (κ1) is 20.7. The molecule has 3 aromatic rings. The molecule has 6 nitrogen and oxygen atoms in total. The second kappa shape index (κ2) is 9.53. The summed E-state index contributed by atoms with van der Waals surface area (Å²) in [6.45, 7) is 1.38. The highest BCUT2D eigenvalue weighted by molar-refractivity contribution is 5.74. The number of amides is 2. The van der Waals surface area contributed by atoms with E-state index in [0.717, 1.165) is 5.56 Å². The van der Waals surface area contributed by atoms with Gasteiger partial charge in [0.05, 0.1) is 13.2 Å².